The van der Waals surface area contributed by atoms with E-state index in [1.165, 1.54) is 0 Å². The molecule has 1 saturated heterocycles. The third-order valence-corrected chi connectivity index (χ3v) is 4.68. The van der Waals surface area contributed by atoms with Gasteiger partial charge in [0.05, 0.1) is 10.8 Å². The van der Waals surface area contributed by atoms with Crippen LogP contribution in [0.4, 0.5) is 0 Å². The Morgan fingerprint density at radius 3 is 2.47 bits per heavy atom. The molecule has 2 atom stereocenters. The number of carboxylic acid groups (broad SMARTS) is 1. The van der Waals surface area contributed by atoms with E-state index in [0.29, 0.717) is 13.0 Å². The molecular formula is C14H26N2O3. The molecule has 0 aliphatic carbocycles. The first-order chi connectivity index (χ1) is 8.78. The fourth-order valence-corrected chi connectivity index (χ4v) is 2.46. The molecule has 1 rings (SSSR count). The summed E-state index contributed by atoms with van der Waals surface area (Å²) in [6.45, 7) is 9.29. The van der Waals surface area contributed by atoms with Gasteiger partial charge in [0.1, 0.15) is 0 Å². The van der Waals surface area contributed by atoms with Crippen LogP contribution >= 0.6 is 0 Å². The van der Waals surface area contributed by atoms with Crippen molar-refractivity contribution in [2.24, 2.45) is 16.7 Å². The molecule has 2 unspecified atom stereocenters. The molecule has 5 heteroatoms. The maximum absolute atomic E-state index is 12.4. The van der Waals surface area contributed by atoms with Crippen molar-refractivity contribution in [3.8, 4) is 0 Å². The number of aliphatic carboxylic acids is 1. The molecule has 0 saturated carbocycles. The van der Waals surface area contributed by atoms with Gasteiger partial charge in [-0.1, -0.05) is 20.8 Å². The number of rotatable bonds is 6. The number of amides is 1. The number of hydrogen-bond acceptors (Lipinski definition) is 3. The van der Waals surface area contributed by atoms with E-state index in [1.54, 1.807) is 6.92 Å². The Bertz CT molecular complexity index is 349. The molecule has 0 aromatic heterocycles. The molecule has 0 radical (unpaired) electrons. The molecule has 19 heavy (non-hydrogen) atoms. The molecule has 1 fully saturated rings. The predicted molar refractivity (Wildman–Crippen MR) is 73.8 cm³/mol. The van der Waals surface area contributed by atoms with Crippen LogP contribution in [0.1, 0.15) is 40.5 Å². The normalized spacial score (nSPS) is 26.2. The highest BCUT2D eigenvalue weighted by molar-refractivity contribution is 5.84. The van der Waals surface area contributed by atoms with Crippen LogP contribution in [0.15, 0.2) is 0 Å². The Kier molecular flexibility index (Phi) is 4.96. The van der Waals surface area contributed by atoms with Crippen molar-refractivity contribution in [2.45, 2.75) is 40.5 Å². The Balaban J connectivity index is 2.71. The summed E-state index contributed by atoms with van der Waals surface area (Å²) in [7, 11) is 0. The quantitative estimate of drug-likeness (QED) is 0.678. The Morgan fingerprint density at radius 1 is 1.47 bits per heavy atom. The van der Waals surface area contributed by atoms with Crippen molar-refractivity contribution in [3.05, 3.63) is 0 Å². The fourth-order valence-electron chi connectivity index (χ4n) is 2.46. The Labute approximate surface area is 115 Å². The molecule has 5 nitrogen and oxygen atoms in total. The minimum absolute atomic E-state index is 0.0200. The zero-order chi connectivity index (χ0) is 14.7. The molecule has 3 N–H and O–H groups in total. The van der Waals surface area contributed by atoms with Gasteiger partial charge in [-0.3, -0.25) is 9.59 Å². The molecule has 1 amide bonds. The van der Waals surface area contributed by atoms with Crippen molar-refractivity contribution in [3.63, 3.8) is 0 Å². The second kappa shape index (κ2) is 5.90. The monoisotopic (exact) mass is 270 g/mol. The Morgan fingerprint density at radius 2 is 2.11 bits per heavy atom. The van der Waals surface area contributed by atoms with Gasteiger partial charge in [0.15, 0.2) is 0 Å². The zero-order valence-corrected chi connectivity index (χ0v) is 12.4. The van der Waals surface area contributed by atoms with Gasteiger partial charge < -0.3 is 15.7 Å². The van der Waals surface area contributed by atoms with Crippen molar-refractivity contribution < 1.29 is 14.7 Å². The molecule has 1 aliphatic rings. The van der Waals surface area contributed by atoms with Crippen LogP contribution in [0, 0.1) is 16.7 Å². The van der Waals surface area contributed by atoms with Gasteiger partial charge in [-0.2, -0.15) is 0 Å². The Hall–Kier alpha value is -1.10. The van der Waals surface area contributed by atoms with Gasteiger partial charge in [-0.25, -0.2) is 0 Å². The minimum Gasteiger partial charge on any atom is -0.481 e. The number of carbonyl (C=O) groups excluding carboxylic acids is 1. The van der Waals surface area contributed by atoms with Crippen LogP contribution < -0.4 is 10.6 Å². The van der Waals surface area contributed by atoms with E-state index in [0.717, 1.165) is 13.0 Å². The lowest BCUT2D eigenvalue weighted by Crippen LogP contribution is -2.50. The summed E-state index contributed by atoms with van der Waals surface area (Å²) in [4.78, 5) is 23.7. The molecule has 0 bridgehead atoms. The third kappa shape index (κ3) is 3.08. The summed E-state index contributed by atoms with van der Waals surface area (Å²) >= 11 is 0. The minimum atomic E-state index is -0.889. The fraction of sp³-hybridized carbons (Fsp3) is 0.857. The lowest BCUT2D eigenvalue weighted by Gasteiger charge is -2.33. The summed E-state index contributed by atoms with van der Waals surface area (Å²) in [5.74, 6) is -0.646. The van der Waals surface area contributed by atoms with E-state index in [-0.39, 0.29) is 18.4 Å². The van der Waals surface area contributed by atoms with Crippen LogP contribution in [0.3, 0.4) is 0 Å². The van der Waals surface area contributed by atoms with Gasteiger partial charge in [-0.05, 0) is 32.2 Å². The van der Waals surface area contributed by atoms with Crippen LogP contribution in [-0.4, -0.2) is 36.6 Å². The number of carbonyl (C=O) groups is 2. The second-order valence-electron chi connectivity index (χ2n) is 6.14. The maximum atomic E-state index is 12.4. The SMILES string of the molecule is CCC(C)(CNC(=O)C1(C(C)C)CCNC1)C(=O)O. The molecule has 1 aliphatic heterocycles. The van der Waals surface area contributed by atoms with Gasteiger partial charge >= 0.3 is 5.97 Å². The zero-order valence-electron chi connectivity index (χ0n) is 12.4. The topological polar surface area (TPSA) is 78.4 Å². The molecular weight excluding hydrogens is 244 g/mol. The summed E-state index contributed by atoms with van der Waals surface area (Å²) < 4.78 is 0. The molecule has 0 aromatic rings. The van der Waals surface area contributed by atoms with Crippen molar-refractivity contribution in [1.82, 2.24) is 10.6 Å². The first-order valence-electron chi connectivity index (χ1n) is 7.01. The highest BCUT2D eigenvalue weighted by Crippen LogP contribution is 2.34. The summed E-state index contributed by atoms with van der Waals surface area (Å²) in [5.41, 5.74) is -1.28. The van der Waals surface area contributed by atoms with E-state index in [1.807, 2.05) is 20.8 Å². The molecule has 0 spiro atoms. The van der Waals surface area contributed by atoms with E-state index < -0.39 is 16.8 Å². The number of hydrogen-bond donors (Lipinski definition) is 3. The average molecular weight is 270 g/mol. The van der Waals surface area contributed by atoms with E-state index in [9.17, 15) is 14.7 Å². The molecule has 0 aromatic carbocycles. The van der Waals surface area contributed by atoms with Crippen LogP contribution in [0.25, 0.3) is 0 Å². The smallest absolute Gasteiger partial charge is 0.311 e. The first-order valence-corrected chi connectivity index (χ1v) is 7.01. The van der Waals surface area contributed by atoms with Crippen molar-refractivity contribution in [1.29, 1.82) is 0 Å². The van der Waals surface area contributed by atoms with Crippen LogP contribution in [0.5, 0.6) is 0 Å². The summed E-state index contributed by atoms with van der Waals surface area (Å²) in [6.07, 6.45) is 1.31. The maximum Gasteiger partial charge on any atom is 0.311 e. The predicted octanol–water partition coefficient (Wildman–Crippen LogP) is 1.24. The number of carboxylic acids is 1. The van der Waals surface area contributed by atoms with Crippen LogP contribution in [0.2, 0.25) is 0 Å². The van der Waals surface area contributed by atoms with Gasteiger partial charge in [0.25, 0.3) is 0 Å². The summed E-state index contributed by atoms with van der Waals surface area (Å²) in [6, 6.07) is 0. The van der Waals surface area contributed by atoms with E-state index in [4.69, 9.17) is 0 Å². The average Bonchev–Trinajstić information content (AvgIpc) is 2.85. The lowest BCUT2D eigenvalue weighted by molar-refractivity contribution is -0.148. The van der Waals surface area contributed by atoms with E-state index >= 15 is 0 Å². The highest BCUT2D eigenvalue weighted by Gasteiger charge is 2.44. The van der Waals surface area contributed by atoms with E-state index in [2.05, 4.69) is 10.6 Å². The summed E-state index contributed by atoms with van der Waals surface area (Å²) in [5, 5.41) is 15.3. The van der Waals surface area contributed by atoms with Crippen molar-refractivity contribution >= 4 is 11.9 Å². The highest BCUT2D eigenvalue weighted by atomic mass is 16.4. The lowest BCUT2D eigenvalue weighted by atomic mass is 9.75. The van der Waals surface area contributed by atoms with Crippen molar-refractivity contribution in [2.75, 3.05) is 19.6 Å². The molecule has 1 heterocycles. The van der Waals surface area contributed by atoms with Gasteiger partial charge in [-0.15, -0.1) is 0 Å². The van der Waals surface area contributed by atoms with Gasteiger partial charge in [0, 0.05) is 13.1 Å². The molecule has 110 valence electrons. The third-order valence-electron chi connectivity index (χ3n) is 4.68. The van der Waals surface area contributed by atoms with Crippen LogP contribution in [-0.2, 0) is 9.59 Å². The first kappa shape index (κ1) is 16.0. The second-order valence-corrected chi connectivity index (χ2v) is 6.14. The number of nitrogens with one attached hydrogen (secondary N) is 2. The van der Waals surface area contributed by atoms with Gasteiger partial charge in [0.2, 0.25) is 5.91 Å². The largest absolute Gasteiger partial charge is 0.481 e. The standard InChI is InChI=1S/C14H26N2O3/c1-5-13(4,12(18)19)8-16-11(17)14(10(2)3)6-7-15-9-14/h10,15H,5-9H2,1-4H3,(H,16,17)(H,18,19).